The average molecular weight is 425 g/mol. The first-order valence-electron chi connectivity index (χ1n) is 10.8. The molecular weight excluding hydrogens is 400 g/mol. The van der Waals surface area contributed by atoms with Crippen LogP contribution in [0.3, 0.4) is 0 Å². The first-order valence-corrected chi connectivity index (χ1v) is 10.8. The molecule has 2 heterocycles. The summed E-state index contributed by atoms with van der Waals surface area (Å²) in [5.74, 6) is -0.0818. The van der Waals surface area contributed by atoms with Crippen molar-refractivity contribution in [2.75, 3.05) is 31.1 Å². The number of hydrogen-bond donors (Lipinski definition) is 0. The van der Waals surface area contributed by atoms with E-state index in [1.165, 1.54) is 10.4 Å². The van der Waals surface area contributed by atoms with Gasteiger partial charge in [0.2, 0.25) is 5.91 Å². The van der Waals surface area contributed by atoms with Crippen molar-refractivity contribution in [3.05, 3.63) is 95.3 Å². The smallest absolute Gasteiger partial charge is 0.275 e. The fourth-order valence-corrected chi connectivity index (χ4v) is 4.23. The van der Waals surface area contributed by atoms with Crippen molar-refractivity contribution in [3.63, 3.8) is 0 Å². The predicted octanol–water partition coefficient (Wildman–Crippen LogP) is 3.41. The van der Waals surface area contributed by atoms with Crippen LogP contribution in [-0.2, 0) is 11.3 Å². The number of nitrogens with zero attached hydrogens (tertiary/aromatic N) is 4. The van der Waals surface area contributed by atoms with Crippen molar-refractivity contribution in [1.29, 1.82) is 0 Å². The van der Waals surface area contributed by atoms with E-state index in [4.69, 9.17) is 0 Å². The number of rotatable bonds is 4. The van der Waals surface area contributed by atoms with E-state index in [1.54, 1.807) is 6.07 Å². The van der Waals surface area contributed by atoms with Crippen molar-refractivity contribution in [3.8, 4) is 11.3 Å². The molecule has 1 aromatic heterocycles. The molecule has 1 aliphatic rings. The topological polar surface area (TPSA) is 58.4 Å². The molecule has 4 aromatic rings. The molecule has 0 unspecified atom stereocenters. The molecule has 0 atom stereocenters. The Hall–Kier alpha value is -3.93. The van der Waals surface area contributed by atoms with Crippen LogP contribution in [0.2, 0.25) is 0 Å². The molecule has 1 aliphatic heterocycles. The predicted molar refractivity (Wildman–Crippen MR) is 127 cm³/mol. The standard InChI is InChI=1S/C26H24N4O2/c31-24(29-17-15-28(16-18-29)21-11-5-2-6-12-21)19-30-26(32)23-14-8-7-13-22(23)25(27-30)20-9-3-1-4-10-20/h1-14H,15-19H2. The Morgan fingerprint density at radius 3 is 2.03 bits per heavy atom. The number of para-hydroxylation sites is 1. The molecule has 0 radical (unpaired) electrons. The quantitative estimate of drug-likeness (QED) is 0.504. The molecule has 0 spiro atoms. The van der Waals surface area contributed by atoms with Gasteiger partial charge in [0.1, 0.15) is 6.54 Å². The highest BCUT2D eigenvalue weighted by Gasteiger charge is 2.23. The van der Waals surface area contributed by atoms with Crippen LogP contribution in [0.1, 0.15) is 0 Å². The van der Waals surface area contributed by atoms with Gasteiger partial charge < -0.3 is 9.80 Å². The van der Waals surface area contributed by atoms with Gasteiger partial charge in [-0.15, -0.1) is 0 Å². The van der Waals surface area contributed by atoms with Gasteiger partial charge in [-0.25, -0.2) is 4.68 Å². The number of hydrogen-bond acceptors (Lipinski definition) is 4. The lowest BCUT2D eigenvalue weighted by Crippen LogP contribution is -2.50. The van der Waals surface area contributed by atoms with Crippen LogP contribution in [-0.4, -0.2) is 46.8 Å². The number of anilines is 1. The fourth-order valence-electron chi connectivity index (χ4n) is 4.23. The van der Waals surface area contributed by atoms with Crippen molar-refractivity contribution in [1.82, 2.24) is 14.7 Å². The van der Waals surface area contributed by atoms with E-state index >= 15 is 0 Å². The minimum atomic E-state index is -0.239. The van der Waals surface area contributed by atoms with Crippen LogP contribution >= 0.6 is 0 Å². The molecule has 32 heavy (non-hydrogen) atoms. The van der Waals surface area contributed by atoms with Crippen LogP contribution < -0.4 is 10.5 Å². The van der Waals surface area contributed by atoms with Crippen LogP contribution in [0, 0.1) is 0 Å². The zero-order chi connectivity index (χ0) is 21.9. The molecule has 0 bridgehead atoms. The summed E-state index contributed by atoms with van der Waals surface area (Å²) in [5.41, 5.74) is 2.56. The van der Waals surface area contributed by atoms with Crippen LogP contribution in [0.15, 0.2) is 89.7 Å². The number of carbonyl (C=O) groups is 1. The molecule has 6 nitrogen and oxygen atoms in total. The van der Waals surface area contributed by atoms with Gasteiger partial charge in [-0.3, -0.25) is 9.59 Å². The third kappa shape index (κ3) is 3.87. The first-order chi connectivity index (χ1) is 15.7. The Morgan fingerprint density at radius 1 is 0.750 bits per heavy atom. The summed E-state index contributed by atoms with van der Waals surface area (Å²) in [6.45, 7) is 2.73. The van der Waals surface area contributed by atoms with Gasteiger partial charge in [0, 0.05) is 42.8 Å². The van der Waals surface area contributed by atoms with Gasteiger partial charge in [-0.2, -0.15) is 5.10 Å². The SMILES string of the molecule is O=C(Cn1nc(-c2ccccc2)c2ccccc2c1=O)N1CCN(c2ccccc2)CC1. The van der Waals surface area contributed by atoms with Gasteiger partial charge in [-0.1, -0.05) is 66.7 Å². The van der Waals surface area contributed by atoms with Crippen molar-refractivity contribution < 1.29 is 4.79 Å². The summed E-state index contributed by atoms with van der Waals surface area (Å²) < 4.78 is 1.32. The first kappa shape index (κ1) is 20.0. The van der Waals surface area contributed by atoms with Crippen molar-refractivity contribution in [2.45, 2.75) is 6.54 Å². The molecule has 0 saturated carbocycles. The van der Waals surface area contributed by atoms with Gasteiger partial charge >= 0.3 is 0 Å². The highest BCUT2D eigenvalue weighted by molar-refractivity contribution is 5.93. The van der Waals surface area contributed by atoms with E-state index in [0.29, 0.717) is 24.2 Å². The maximum atomic E-state index is 13.1. The number of carbonyl (C=O) groups excluding carboxylic acids is 1. The lowest BCUT2D eigenvalue weighted by Gasteiger charge is -2.36. The molecule has 1 amide bonds. The molecular formula is C26H24N4O2. The average Bonchev–Trinajstić information content (AvgIpc) is 2.87. The summed E-state index contributed by atoms with van der Waals surface area (Å²) in [6, 6.07) is 27.4. The molecule has 160 valence electrons. The van der Waals surface area contributed by atoms with E-state index in [2.05, 4.69) is 22.1 Å². The molecule has 3 aromatic carbocycles. The largest absolute Gasteiger partial charge is 0.368 e. The Labute approximate surface area is 186 Å². The van der Waals surface area contributed by atoms with E-state index < -0.39 is 0 Å². The second-order valence-corrected chi connectivity index (χ2v) is 7.93. The lowest BCUT2D eigenvalue weighted by molar-refractivity contribution is -0.132. The highest BCUT2D eigenvalue weighted by Crippen LogP contribution is 2.24. The molecule has 1 saturated heterocycles. The van der Waals surface area contributed by atoms with E-state index in [1.807, 2.05) is 71.6 Å². The van der Waals surface area contributed by atoms with E-state index in [-0.39, 0.29) is 18.0 Å². The molecule has 6 heteroatoms. The highest BCUT2D eigenvalue weighted by atomic mass is 16.2. The number of fused-ring (bicyclic) bond motifs is 1. The van der Waals surface area contributed by atoms with Gasteiger partial charge in [0.25, 0.3) is 5.56 Å². The minimum absolute atomic E-state index is 0.0607. The Kier molecular flexibility index (Phi) is 5.42. The van der Waals surface area contributed by atoms with Crippen LogP contribution in [0.4, 0.5) is 5.69 Å². The number of benzene rings is 3. The van der Waals surface area contributed by atoms with Gasteiger partial charge in [-0.05, 0) is 18.2 Å². The van der Waals surface area contributed by atoms with Crippen LogP contribution in [0.5, 0.6) is 0 Å². The summed E-state index contributed by atoms with van der Waals surface area (Å²) in [6.07, 6.45) is 0. The van der Waals surface area contributed by atoms with Gasteiger partial charge in [0.05, 0.1) is 11.1 Å². The Bertz CT molecular complexity index is 1290. The second kappa shape index (κ2) is 8.67. The van der Waals surface area contributed by atoms with E-state index in [0.717, 1.165) is 24.0 Å². The lowest BCUT2D eigenvalue weighted by atomic mass is 10.1. The summed E-state index contributed by atoms with van der Waals surface area (Å²) in [4.78, 5) is 30.2. The maximum absolute atomic E-state index is 13.1. The van der Waals surface area contributed by atoms with Crippen molar-refractivity contribution >= 4 is 22.4 Å². The fraction of sp³-hybridized carbons (Fsp3) is 0.192. The summed E-state index contributed by atoms with van der Waals surface area (Å²) in [7, 11) is 0. The van der Waals surface area contributed by atoms with Gasteiger partial charge in [0.15, 0.2) is 0 Å². The maximum Gasteiger partial charge on any atom is 0.275 e. The molecule has 0 N–H and O–H groups in total. The zero-order valence-electron chi connectivity index (χ0n) is 17.7. The molecule has 1 fully saturated rings. The van der Waals surface area contributed by atoms with Crippen molar-refractivity contribution in [2.24, 2.45) is 0 Å². The molecule has 5 rings (SSSR count). The zero-order valence-corrected chi connectivity index (χ0v) is 17.7. The minimum Gasteiger partial charge on any atom is -0.368 e. The summed E-state index contributed by atoms with van der Waals surface area (Å²) in [5, 5.41) is 5.98. The Balaban J connectivity index is 1.39. The molecule has 0 aliphatic carbocycles. The van der Waals surface area contributed by atoms with E-state index in [9.17, 15) is 9.59 Å². The third-order valence-electron chi connectivity index (χ3n) is 5.95. The third-order valence-corrected chi connectivity index (χ3v) is 5.95. The normalized spacial score (nSPS) is 14.0. The number of aromatic nitrogens is 2. The summed E-state index contributed by atoms with van der Waals surface area (Å²) >= 11 is 0. The number of amides is 1. The van der Waals surface area contributed by atoms with Crippen LogP contribution in [0.25, 0.3) is 22.0 Å². The number of piperazine rings is 1. The monoisotopic (exact) mass is 424 g/mol. The Morgan fingerprint density at radius 2 is 1.34 bits per heavy atom. The second-order valence-electron chi connectivity index (χ2n) is 7.93.